The summed E-state index contributed by atoms with van der Waals surface area (Å²) in [5.41, 5.74) is 17.6. The van der Waals surface area contributed by atoms with E-state index in [2.05, 4.69) is 269 Å². The number of benzene rings is 15. The maximum absolute atomic E-state index is 2.48. The van der Waals surface area contributed by atoms with Gasteiger partial charge in [0, 0.05) is 0 Å². The second-order valence-electron chi connectivity index (χ2n) is 21.8. The summed E-state index contributed by atoms with van der Waals surface area (Å²) >= 11 is 0. The summed E-state index contributed by atoms with van der Waals surface area (Å²) in [4.78, 5) is 0. The Morgan fingerprint density at radius 1 is 0.179 bits per heavy atom. The van der Waals surface area contributed by atoms with Crippen LogP contribution in [0.2, 0.25) is 0 Å². The molecule has 0 bridgehead atoms. The molecule has 0 aromatic heterocycles. The number of hydrogen-bond donors (Lipinski definition) is 0. The lowest BCUT2D eigenvalue weighted by Crippen LogP contribution is -1.94. The summed E-state index contributed by atoms with van der Waals surface area (Å²) in [5.74, 6) is 0. The fourth-order valence-electron chi connectivity index (χ4n) is 14.4. The van der Waals surface area contributed by atoms with Crippen LogP contribution < -0.4 is 0 Å². The molecule has 0 heteroatoms. The number of aryl methyl sites for hydroxylation is 2. The molecule has 0 amide bonds. The average Bonchev–Trinajstić information content (AvgIpc) is 4.12. The molecule has 15 aromatic rings. The minimum Gasteiger partial charge on any atom is -0.0622 e. The van der Waals surface area contributed by atoms with Crippen LogP contribution in [-0.2, 0) is 0 Å². The minimum absolute atomic E-state index is 1.22. The molecule has 0 N–H and O–H groups in total. The van der Waals surface area contributed by atoms with Crippen molar-refractivity contribution in [2.75, 3.05) is 0 Å². The lowest BCUT2D eigenvalue weighted by Gasteiger charge is -2.17. The van der Waals surface area contributed by atoms with Gasteiger partial charge in [0.1, 0.15) is 0 Å². The second-order valence-corrected chi connectivity index (χ2v) is 21.8. The first-order valence-electron chi connectivity index (χ1n) is 27.4. The van der Waals surface area contributed by atoms with Crippen molar-refractivity contribution in [2.45, 2.75) is 13.8 Å². The SMILES string of the molecule is Cc1ccc(-c2c3c(c(-c4ccccc4-c4ccccc4)c4ccccc24)=c2ccc4c5ccc6c7c(ccc(c8ccc=3c2c84)c75)=c2c(-c3ccc(C)cc3)c3ccccc3c(-c3ccccc3-c3ccccc3)c2=6)cc1. The summed E-state index contributed by atoms with van der Waals surface area (Å²) in [6.45, 7) is 4.38. The van der Waals surface area contributed by atoms with E-state index in [9.17, 15) is 0 Å². The van der Waals surface area contributed by atoms with Gasteiger partial charge in [0.05, 0.1) is 0 Å². The highest BCUT2D eigenvalue weighted by Crippen LogP contribution is 2.50. The number of hydrogen-bond acceptors (Lipinski definition) is 0. The van der Waals surface area contributed by atoms with E-state index in [4.69, 9.17) is 0 Å². The van der Waals surface area contributed by atoms with E-state index < -0.39 is 0 Å². The first-order valence-corrected chi connectivity index (χ1v) is 27.4. The van der Waals surface area contributed by atoms with Crippen molar-refractivity contribution in [1.29, 1.82) is 0 Å². The summed E-state index contributed by atoms with van der Waals surface area (Å²) in [5, 5.41) is 26.2. The van der Waals surface area contributed by atoms with Crippen LogP contribution >= 0.6 is 0 Å². The third kappa shape index (κ3) is 5.89. The van der Waals surface area contributed by atoms with Crippen LogP contribution in [0.1, 0.15) is 11.1 Å². The van der Waals surface area contributed by atoms with E-state index in [0.717, 1.165) is 0 Å². The standard InChI is InChI=1S/C78H48/c1-45-29-33-49(34-30-45)67-55-25-13-15-27-57(55)71(53-23-11-9-21-51(53)47-17-5-3-6-18-47)77-65-43-39-61-62-40-44-66-74-64(42-38-60(70(62)74)59-37-41-63(75(67)77)73(65)69(59)61)76-68(50-35-31-46(2)32-36-50)56-26-14-16-28-58(56)72(78(66)76)54-24-12-10-22-52(54)48-19-7-4-8-20-48/h3-44H,1-2H3. The Kier molecular flexibility index (Phi) is 9.07. The lowest BCUT2D eigenvalue weighted by molar-refractivity contribution is 1.45. The van der Waals surface area contributed by atoms with Crippen LogP contribution in [0.3, 0.4) is 0 Å². The van der Waals surface area contributed by atoms with Crippen molar-refractivity contribution in [3.63, 3.8) is 0 Å². The molecule has 2 aliphatic carbocycles. The Bertz CT molecular complexity index is 5160. The molecule has 0 radical (unpaired) electrons. The van der Waals surface area contributed by atoms with Gasteiger partial charge in [-0.3, -0.25) is 0 Å². The highest BCUT2D eigenvalue weighted by molar-refractivity contribution is 6.33. The maximum Gasteiger partial charge on any atom is -0.000718 e. The quantitative estimate of drug-likeness (QED) is 0.115. The van der Waals surface area contributed by atoms with Gasteiger partial charge in [-0.15, -0.1) is 0 Å². The molecule has 0 unspecified atom stereocenters. The third-order valence-electron chi connectivity index (χ3n) is 17.7. The second kappa shape index (κ2) is 16.3. The molecule has 0 atom stereocenters. The van der Waals surface area contributed by atoms with E-state index in [1.807, 2.05) is 0 Å². The molecule has 78 heavy (non-hydrogen) atoms. The van der Waals surface area contributed by atoms with Gasteiger partial charge in [-0.05, 0) is 187 Å². The van der Waals surface area contributed by atoms with E-state index in [1.54, 1.807) is 0 Å². The average molecular weight is 985 g/mol. The predicted molar refractivity (Wildman–Crippen MR) is 328 cm³/mol. The maximum atomic E-state index is 2.48. The molecule has 0 saturated heterocycles. The largest absolute Gasteiger partial charge is 0.0622 e. The molecule has 360 valence electrons. The molecule has 0 nitrogen and oxygen atoms in total. The van der Waals surface area contributed by atoms with Crippen LogP contribution in [0.4, 0.5) is 0 Å². The van der Waals surface area contributed by atoms with Crippen molar-refractivity contribution in [2.24, 2.45) is 0 Å². The van der Waals surface area contributed by atoms with Crippen LogP contribution in [-0.4, -0.2) is 0 Å². The first-order chi connectivity index (χ1) is 38.6. The highest BCUT2D eigenvalue weighted by atomic mass is 14.3. The zero-order valence-corrected chi connectivity index (χ0v) is 43.2. The molecule has 15 aromatic carbocycles. The van der Waals surface area contributed by atoms with Gasteiger partial charge >= 0.3 is 0 Å². The molecule has 17 rings (SSSR count). The van der Waals surface area contributed by atoms with Gasteiger partial charge in [0.2, 0.25) is 0 Å². The van der Waals surface area contributed by atoms with E-state index >= 15 is 0 Å². The van der Waals surface area contributed by atoms with Gasteiger partial charge in [0.15, 0.2) is 0 Å². The highest BCUT2D eigenvalue weighted by Gasteiger charge is 2.27. The molecular weight excluding hydrogens is 937 g/mol. The van der Waals surface area contributed by atoms with Crippen molar-refractivity contribution in [3.8, 4) is 66.8 Å². The Morgan fingerprint density at radius 2 is 0.462 bits per heavy atom. The summed E-state index contributed by atoms with van der Waals surface area (Å²) in [7, 11) is 0. The predicted octanol–water partition coefficient (Wildman–Crippen LogP) is 20.4. The molecule has 0 heterocycles. The van der Waals surface area contributed by atoms with E-state index in [-0.39, 0.29) is 0 Å². The van der Waals surface area contributed by atoms with Gasteiger partial charge in [0.25, 0.3) is 0 Å². The molecule has 0 saturated carbocycles. The molecule has 0 aliphatic heterocycles. The van der Waals surface area contributed by atoms with Gasteiger partial charge in [-0.1, -0.05) is 266 Å². The Labute approximate surface area is 450 Å². The normalized spacial score (nSPS) is 12.2. The van der Waals surface area contributed by atoms with Gasteiger partial charge in [-0.2, -0.15) is 0 Å². The fourth-order valence-corrected chi connectivity index (χ4v) is 14.4. The molecular formula is C78H48. The number of rotatable bonds is 6. The van der Waals surface area contributed by atoms with Crippen molar-refractivity contribution < 1.29 is 0 Å². The lowest BCUT2D eigenvalue weighted by atomic mass is 9.85. The summed E-state index contributed by atoms with van der Waals surface area (Å²) in [6.07, 6.45) is 0. The smallest absolute Gasteiger partial charge is 0.000718 e. The Morgan fingerprint density at radius 3 is 0.808 bits per heavy atom. The van der Waals surface area contributed by atoms with Crippen LogP contribution in [0.15, 0.2) is 255 Å². The zero-order chi connectivity index (χ0) is 51.3. The van der Waals surface area contributed by atoms with E-state index in [0.29, 0.717) is 0 Å². The topological polar surface area (TPSA) is 0 Å². The summed E-state index contributed by atoms with van der Waals surface area (Å²) in [6, 6.07) is 96.5. The van der Waals surface area contributed by atoms with Gasteiger partial charge < -0.3 is 0 Å². The van der Waals surface area contributed by atoms with Crippen LogP contribution in [0.25, 0.3) is 131 Å². The Hall–Kier alpha value is -9.88. The molecule has 2 aliphatic rings. The first kappa shape index (κ1) is 43.4. The number of fused-ring (bicyclic) bond motifs is 6. The fraction of sp³-hybridized carbons (Fsp3) is 0.0256. The van der Waals surface area contributed by atoms with E-state index in [1.165, 1.54) is 184 Å². The van der Waals surface area contributed by atoms with Crippen molar-refractivity contribution >= 4 is 64.6 Å². The zero-order valence-electron chi connectivity index (χ0n) is 43.2. The monoisotopic (exact) mass is 984 g/mol. The Balaban J connectivity index is 1.07. The molecule has 0 spiro atoms. The van der Waals surface area contributed by atoms with Crippen LogP contribution in [0.5, 0.6) is 0 Å². The third-order valence-corrected chi connectivity index (χ3v) is 17.7. The minimum atomic E-state index is 1.22. The van der Waals surface area contributed by atoms with Crippen molar-refractivity contribution in [1.82, 2.24) is 0 Å². The summed E-state index contributed by atoms with van der Waals surface area (Å²) < 4.78 is 0. The van der Waals surface area contributed by atoms with Gasteiger partial charge in [-0.25, -0.2) is 0 Å². The van der Waals surface area contributed by atoms with Crippen LogP contribution in [0, 0.1) is 55.6 Å². The molecule has 0 fully saturated rings. The van der Waals surface area contributed by atoms with Crippen molar-refractivity contribution in [3.05, 3.63) is 308 Å².